The fourth-order valence-corrected chi connectivity index (χ4v) is 2.15. The van der Waals surface area contributed by atoms with Gasteiger partial charge < -0.3 is 5.73 Å². The first-order valence-corrected chi connectivity index (χ1v) is 4.50. The monoisotopic (exact) mass is 169 g/mol. The van der Waals surface area contributed by atoms with Crippen LogP contribution in [0, 0.1) is 0 Å². The summed E-state index contributed by atoms with van der Waals surface area (Å²) in [5, 5.41) is 0. The van der Waals surface area contributed by atoms with Crippen LogP contribution in [0.5, 0.6) is 0 Å². The zero-order valence-electron chi connectivity index (χ0n) is 7.20. The normalized spacial score (nSPS) is 39.8. The average molecular weight is 169 g/mol. The lowest BCUT2D eigenvalue weighted by Gasteiger charge is -2.47. The lowest BCUT2D eigenvalue weighted by atomic mass is 10.0. The van der Waals surface area contributed by atoms with Gasteiger partial charge >= 0.3 is 0 Å². The molecule has 0 aromatic rings. The molecule has 3 aliphatic rings. The summed E-state index contributed by atoms with van der Waals surface area (Å²) in [4.78, 5) is 15.5. The van der Waals surface area contributed by atoms with E-state index in [0.717, 1.165) is 32.7 Å². The molecular weight excluding hydrogens is 154 g/mol. The van der Waals surface area contributed by atoms with Crippen LogP contribution in [0.15, 0.2) is 0 Å². The molecule has 3 fully saturated rings. The van der Waals surface area contributed by atoms with Crippen molar-refractivity contribution in [2.45, 2.75) is 12.5 Å². The van der Waals surface area contributed by atoms with E-state index in [4.69, 9.17) is 5.73 Å². The lowest BCUT2D eigenvalue weighted by molar-refractivity contribution is -0.120. The topological polar surface area (TPSA) is 49.6 Å². The highest BCUT2D eigenvalue weighted by Crippen LogP contribution is 2.17. The molecule has 1 atom stereocenters. The van der Waals surface area contributed by atoms with Gasteiger partial charge in [0, 0.05) is 45.2 Å². The van der Waals surface area contributed by atoms with E-state index in [1.54, 1.807) is 0 Å². The number of primary amides is 1. The first kappa shape index (κ1) is 8.01. The van der Waals surface area contributed by atoms with Gasteiger partial charge in [0.05, 0.1) is 0 Å². The van der Waals surface area contributed by atoms with Crippen molar-refractivity contribution >= 4 is 5.91 Å². The Morgan fingerprint density at radius 2 is 2.00 bits per heavy atom. The summed E-state index contributed by atoms with van der Waals surface area (Å²) < 4.78 is 0. The molecule has 0 aromatic heterocycles. The van der Waals surface area contributed by atoms with Crippen molar-refractivity contribution in [2.24, 2.45) is 5.73 Å². The van der Waals surface area contributed by atoms with Gasteiger partial charge in [-0.05, 0) is 0 Å². The number of amides is 1. The average Bonchev–Trinajstić information content (AvgIpc) is 2.05. The van der Waals surface area contributed by atoms with E-state index in [-0.39, 0.29) is 5.91 Å². The Labute approximate surface area is 72.3 Å². The van der Waals surface area contributed by atoms with E-state index in [1.165, 1.54) is 0 Å². The smallest absolute Gasteiger partial charge is 0.219 e. The number of carbonyl (C=O) groups is 1. The molecule has 2 N–H and O–H groups in total. The molecule has 0 aromatic carbocycles. The molecule has 12 heavy (non-hydrogen) atoms. The third kappa shape index (κ3) is 1.44. The molecule has 1 amide bonds. The highest BCUT2D eigenvalue weighted by Gasteiger charge is 2.32. The third-order valence-electron chi connectivity index (χ3n) is 2.83. The molecule has 2 bridgehead atoms. The Hall–Kier alpha value is -0.610. The van der Waals surface area contributed by atoms with Gasteiger partial charge in [-0.2, -0.15) is 0 Å². The van der Waals surface area contributed by atoms with Crippen LogP contribution in [0.25, 0.3) is 0 Å². The molecule has 4 nitrogen and oxygen atoms in total. The molecule has 3 rings (SSSR count). The lowest BCUT2D eigenvalue weighted by Crippen LogP contribution is -2.61. The molecule has 0 radical (unpaired) electrons. The van der Waals surface area contributed by atoms with Crippen LogP contribution in [0.4, 0.5) is 0 Å². The molecule has 3 aliphatic heterocycles. The predicted molar refractivity (Wildman–Crippen MR) is 45.6 cm³/mol. The number of carbonyl (C=O) groups excluding carboxylic acids is 1. The van der Waals surface area contributed by atoms with Crippen LogP contribution in [0.1, 0.15) is 6.42 Å². The van der Waals surface area contributed by atoms with E-state index < -0.39 is 0 Å². The summed E-state index contributed by atoms with van der Waals surface area (Å²) in [5.41, 5.74) is 5.17. The number of hydrogen-bond acceptors (Lipinski definition) is 3. The molecule has 0 spiro atoms. The van der Waals surface area contributed by atoms with Crippen molar-refractivity contribution in [3.8, 4) is 0 Å². The van der Waals surface area contributed by atoms with Gasteiger partial charge in [-0.15, -0.1) is 0 Å². The summed E-state index contributed by atoms with van der Waals surface area (Å²) in [6, 6.07) is 0.394. The minimum Gasteiger partial charge on any atom is -0.370 e. The second-order valence-corrected chi connectivity index (χ2v) is 3.66. The third-order valence-corrected chi connectivity index (χ3v) is 2.83. The van der Waals surface area contributed by atoms with E-state index in [2.05, 4.69) is 9.80 Å². The molecule has 1 unspecified atom stereocenters. The molecule has 3 heterocycles. The van der Waals surface area contributed by atoms with Gasteiger partial charge in [0.25, 0.3) is 0 Å². The molecule has 0 aliphatic carbocycles. The maximum atomic E-state index is 10.7. The fraction of sp³-hybridized carbons (Fsp3) is 0.875. The van der Waals surface area contributed by atoms with Gasteiger partial charge in [-0.25, -0.2) is 0 Å². The van der Waals surface area contributed by atoms with E-state index in [1.807, 2.05) is 0 Å². The van der Waals surface area contributed by atoms with Gasteiger partial charge in [0.2, 0.25) is 5.91 Å². The minimum absolute atomic E-state index is 0.172. The molecule has 0 saturated carbocycles. The van der Waals surface area contributed by atoms with Gasteiger partial charge in [0.1, 0.15) is 0 Å². The van der Waals surface area contributed by atoms with Crippen LogP contribution in [0.3, 0.4) is 0 Å². The van der Waals surface area contributed by atoms with Gasteiger partial charge in [-0.1, -0.05) is 0 Å². The van der Waals surface area contributed by atoms with E-state index >= 15 is 0 Å². The Morgan fingerprint density at radius 3 is 2.42 bits per heavy atom. The SMILES string of the molecule is NC(=O)CC1CN2CCN1CC2. The number of piperazine rings is 3. The summed E-state index contributed by atoms with van der Waals surface area (Å²) in [7, 11) is 0. The van der Waals surface area contributed by atoms with Crippen LogP contribution >= 0.6 is 0 Å². The minimum atomic E-state index is -0.172. The zero-order chi connectivity index (χ0) is 8.55. The highest BCUT2D eigenvalue weighted by molar-refractivity contribution is 5.74. The van der Waals surface area contributed by atoms with Gasteiger partial charge in [0.15, 0.2) is 0 Å². The summed E-state index contributed by atoms with van der Waals surface area (Å²) in [6.07, 6.45) is 0.524. The van der Waals surface area contributed by atoms with Crippen molar-refractivity contribution < 1.29 is 4.79 Å². The van der Waals surface area contributed by atoms with Crippen LogP contribution in [-0.2, 0) is 4.79 Å². The van der Waals surface area contributed by atoms with Crippen molar-refractivity contribution in [1.29, 1.82) is 0 Å². The highest BCUT2D eigenvalue weighted by atomic mass is 16.1. The Balaban J connectivity index is 1.95. The first-order valence-electron chi connectivity index (χ1n) is 4.50. The number of fused-ring (bicyclic) bond motifs is 3. The van der Waals surface area contributed by atoms with Crippen molar-refractivity contribution in [1.82, 2.24) is 9.80 Å². The number of nitrogens with two attached hydrogens (primary N) is 1. The zero-order valence-corrected chi connectivity index (χ0v) is 7.20. The standard InChI is InChI=1S/C8H15N3O/c9-8(12)5-7-6-10-1-3-11(7)4-2-10/h7H,1-6H2,(H2,9,12). The first-order chi connectivity index (χ1) is 5.75. The van der Waals surface area contributed by atoms with Crippen molar-refractivity contribution in [2.75, 3.05) is 32.7 Å². The quantitative estimate of drug-likeness (QED) is 0.568. The van der Waals surface area contributed by atoms with Crippen molar-refractivity contribution in [3.63, 3.8) is 0 Å². The molecule has 68 valence electrons. The van der Waals surface area contributed by atoms with E-state index in [9.17, 15) is 4.79 Å². The maximum Gasteiger partial charge on any atom is 0.219 e. The molecule has 4 heteroatoms. The second-order valence-electron chi connectivity index (χ2n) is 3.66. The largest absolute Gasteiger partial charge is 0.370 e. The maximum absolute atomic E-state index is 10.7. The van der Waals surface area contributed by atoms with Gasteiger partial charge in [-0.3, -0.25) is 14.6 Å². The van der Waals surface area contributed by atoms with Crippen LogP contribution in [-0.4, -0.2) is 54.5 Å². The Morgan fingerprint density at radius 1 is 1.33 bits per heavy atom. The fourth-order valence-electron chi connectivity index (χ4n) is 2.15. The van der Waals surface area contributed by atoms with Crippen LogP contribution in [0.2, 0.25) is 0 Å². The number of nitrogens with zero attached hydrogens (tertiary/aromatic N) is 2. The van der Waals surface area contributed by atoms with E-state index in [0.29, 0.717) is 12.5 Å². The molecular formula is C8H15N3O. The molecule has 3 saturated heterocycles. The summed E-state index contributed by atoms with van der Waals surface area (Å²) in [6.45, 7) is 5.57. The second kappa shape index (κ2) is 3.03. The predicted octanol–water partition coefficient (Wildman–Crippen LogP) is -1.14. The number of hydrogen-bond donors (Lipinski definition) is 1. The Bertz CT molecular complexity index is 187. The summed E-state index contributed by atoms with van der Waals surface area (Å²) in [5.74, 6) is -0.172. The number of rotatable bonds is 2. The Kier molecular flexibility index (Phi) is 2.02. The van der Waals surface area contributed by atoms with Crippen molar-refractivity contribution in [3.05, 3.63) is 0 Å². The van der Waals surface area contributed by atoms with Crippen LogP contribution < -0.4 is 5.73 Å². The summed E-state index contributed by atoms with van der Waals surface area (Å²) >= 11 is 0.